The molecule has 3 N–H and O–H groups in total. The summed E-state index contributed by atoms with van der Waals surface area (Å²) >= 11 is 0. The quantitative estimate of drug-likeness (QED) is 0.241. The molecule has 0 spiro atoms. The molecule has 3 heterocycles. The second kappa shape index (κ2) is 10.2. The Kier molecular flexibility index (Phi) is 6.60. The van der Waals surface area contributed by atoms with Gasteiger partial charge in [-0.25, -0.2) is 0 Å². The highest BCUT2D eigenvalue weighted by Crippen LogP contribution is 2.42. The van der Waals surface area contributed by atoms with Gasteiger partial charge < -0.3 is 29.4 Å². The number of ether oxygens (including phenoxy) is 2. The number of aromatic nitrogens is 2. The van der Waals surface area contributed by atoms with E-state index in [4.69, 9.17) is 9.47 Å². The van der Waals surface area contributed by atoms with Gasteiger partial charge in [-0.3, -0.25) is 4.79 Å². The van der Waals surface area contributed by atoms with Crippen molar-refractivity contribution in [2.45, 2.75) is 31.8 Å². The predicted octanol–water partition coefficient (Wildman–Crippen LogP) is 5.60. The number of carbonyl (C=O) groups excluding carboxylic acids is 1. The molecule has 0 saturated carbocycles. The lowest BCUT2D eigenvalue weighted by atomic mass is 9.92. The number of H-pyrrole nitrogens is 1. The maximum atomic E-state index is 14.1. The summed E-state index contributed by atoms with van der Waals surface area (Å²) in [4.78, 5) is 17.4. The highest BCUT2D eigenvalue weighted by molar-refractivity contribution is 6.03. The van der Waals surface area contributed by atoms with Crippen molar-refractivity contribution in [3.8, 4) is 34.0 Å². The molecule has 0 saturated heterocycles. The van der Waals surface area contributed by atoms with E-state index >= 15 is 0 Å². The van der Waals surface area contributed by atoms with Crippen molar-refractivity contribution < 1.29 is 19.4 Å². The lowest BCUT2D eigenvalue weighted by molar-refractivity contribution is 0.0853. The van der Waals surface area contributed by atoms with E-state index in [1.807, 2.05) is 79.9 Å². The Morgan fingerprint density at radius 2 is 1.75 bits per heavy atom. The second-order valence-electron chi connectivity index (χ2n) is 10.6. The van der Waals surface area contributed by atoms with Crippen molar-refractivity contribution in [1.82, 2.24) is 14.9 Å². The number of fused-ring (bicyclic) bond motifs is 4. The molecule has 0 aliphatic carbocycles. The number of aromatic amines is 1. The molecule has 5 aromatic rings. The van der Waals surface area contributed by atoms with Crippen LogP contribution in [0, 0.1) is 0 Å². The van der Waals surface area contributed by atoms with E-state index in [2.05, 4.69) is 20.9 Å². The van der Waals surface area contributed by atoms with E-state index in [1.165, 1.54) is 0 Å². The van der Waals surface area contributed by atoms with E-state index in [-0.39, 0.29) is 12.5 Å². The first-order valence-corrected chi connectivity index (χ1v) is 13.5. The molecule has 1 aliphatic rings. The van der Waals surface area contributed by atoms with E-state index < -0.39 is 5.54 Å². The number of rotatable bonds is 8. The van der Waals surface area contributed by atoms with Gasteiger partial charge in [0.05, 0.1) is 37.6 Å². The summed E-state index contributed by atoms with van der Waals surface area (Å²) in [7, 11) is 3.27. The number of nitrogens with one attached hydrogen (secondary N) is 2. The van der Waals surface area contributed by atoms with Gasteiger partial charge >= 0.3 is 0 Å². The van der Waals surface area contributed by atoms with Crippen LogP contribution in [-0.4, -0.2) is 46.9 Å². The molecule has 0 bridgehead atoms. The van der Waals surface area contributed by atoms with Gasteiger partial charge in [-0.1, -0.05) is 48.5 Å². The third-order valence-corrected chi connectivity index (χ3v) is 7.90. The minimum absolute atomic E-state index is 0.202. The summed E-state index contributed by atoms with van der Waals surface area (Å²) in [6.45, 7) is 2.41. The van der Waals surface area contributed by atoms with Crippen molar-refractivity contribution in [2.75, 3.05) is 20.8 Å². The maximum absolute atomic E-state index is 14.1. The van der Waals surface area contributed by atoms with Crippen molar-refractivity contribution in [1.29, 1.82) is 0 Å². The number of aliphatic hydroxyl groups is 1. The van der Waals surface area contributed by atoms with Crippen molar-refractivity contribution in [3.05, 3.63) is 95.7 Å². The van der Waals surface area contributed by atoms with E-state index in [0.717, 1.165) is 57.5 Å². The van der Waals surface area contributed by atoms with Crippen LogP contribution in [0.25, 0.3) is 33.4 Å². The van der Waals surface area contributed by atoms with Gasteiger partial charge in [0.25, 0.3) is 5.91 Å². The number of aliphatic hydroxyl groups excluding tert-OH is 1. The number of para-hydroxylation sites is 1. The third kappa shape index (κ3) is 4.42. The predicted molar refractivity (Wildman–Crippen MR) is 157 cm³/mol. The number of nitrogens with zero attached hydrogens (tertiary/aromatic N) is 1. The zero-order valence-electron chi connectivity index (χ0n) is 23.0. The van der Waals surface area contributed by atoms with E-state index in [1.54, 1.807) is 14.2 Å². The van der Waals surface area contributed by atoms with Crippen molar-refractivity contribution >= 4 is 16.8 Å². The molecule has 40 heavy (non-hydrogen) atoms. The Morgan fingerprint density at radius 3 is 2.50 bits per heavy atom. The Hall–Kier alpha value is -4.49. The number of hydrogen-bond acceptors (Lipinski definition) is 4. The summed E-state index contributed by atoms with van der Waals surface area (Å²) in [5.74, 6) is 1.12. The first kappa shape index (κ1) is 25.8. The first-order valence-electron chi connectivity index (χ1n) is 13.5. The molecule has 7 nitrogen and oxygen atoms in total. The van der Waals surface area contributed by atoms with Gasteiger partial charge in [0.2, 0.25) is 0 Å². The van der Waals surface area contributed by atoms with Gasteiger partial charge in [-0.05, 0) is 60.7 Å². The van der Waals surface area contributed by atoms with Crippen molar-refractivity contribution in [3.63, 3.8) is 0 Å². The number of hydrogen-bond donors (Lipinski definition) is 3. The molecule has 1 amide bonds. The molecule has 7 heteroatoms. The van der Waals surface area contributed by atoms with Gasteiger partial charge in [0, 0.05) is 34.9 Å². The summed E-state index contributed by atoms with van der Waals surface area (Å²) in [5, 5.41) is 14.8. The van der Waals surface area contributed by atoms with Gasteiger partial charge in [0.1, 0.15) is 0 Å². The van der Waals surface area contributed by atoms with Crippen molar-refractivity contribution in [2.24, 2.45) is 0 Å². The number of amides is 1. The number of aryl methyl sites for hydroxylation is 1. The number of methoxy groups -OCH3 is 2. The lowest BCUT2D eigenvalue weighted by Gasteiger charge is -2.29. The fourth-order valence-corrected chi connectivity index (χ4v) is 5.86. The summed E-state index contributed by atoms with van der Waals surface area (Å²) in [6, 6.07) is 24.0. The number of benzene rings is 3. The monoisotopic (exact) mass is 535 g/mol. The molecule has 0 fully saturated rings. The Balaban J connectivity index is 1.42. The zero-order valence-corrected chi connectivity index (χ0v) is 23.0. The van der Waals surface area contributed by atoms with Gasteiger partial charge in [-0.15, -0.1) is 0 Å². The molecule has 1 aliphatic heterocycles. The second-order valence-corrected chi connectivity index (χ2v) is 10.6. The molecule has 2 aromatic heterocycles. The highest BCUT2D eigenvalue weighted by atomic mass is 16.5. The lowest BCUT2D eigenvalue weighted by Crippen LogP contribution is -2.50. The first-order chi connectivity index (χ1) is 19.4. The fourth-order valence-electron chi connectivity index (χ4n) is 5.86. The number of carbonyl (C=O) groups is 1. The maximum Gasteiger partial charge on any atom is 0.254 e. The van der Waals surface area contributed by atoms with Crippen LogP contribution in [0.5, 0.6) is 11.5 Å². The average molecular weight is 536 g/mol. The van der Waals surface area contributed by atoms with Gasteiger partial charge in [-0.2, -0.15) is 0 Å². The van der Waals surface area contributed by atoms with Crippen LogP contribution in [0.1, 0.15) is 28.4 Å². The standard InChI is InChI=1S/C33H33N3O4/c1-33(20-37,18-23-19-34-27-12-8-7-11-24(23)27)35-32(38)26-16-28-25-17-30(40-3)29(39-2)15-22(25)13-14-36(28)31(26)21-9-5-4-6-10-21/h4-12,15-17,19,34,37H,13-14,18,20H2,1-3H3,(H,35,38). The van der Waals surface area contributed by atoms with Gasteiger partial charge in [0.15, 0.2) is 11.5 Å². The molecule has 204 valence electrons. The fraction of sp³-hybridized carbons (Fsp3) is 0.242. The summed E-state index contributed by atoms with van der Waals surface area (Å²) in [5.41, 5.74) is 6.72. The van der Waals surface area contributed by atoms with E-state index in [0.29, 0.717) is 23.5 Å². The summed E-state index contributed by atoms with van der Waals surface area (Å²) in [6.07, 6.45) is 3.23. The van der Waals surface area contributed by atoms with Crippen LogP contribution in [-0.2, 0) is 19.4 Å². The van der Waals surface area contributed by atoms with Crippen LogP contribution in [0.3, 0.4) is 0 Å². The molecule has 1 unspecified atom stereocenters. The van der Waals surface area contributed by atoms with Crippen LogP contribution in [0.15, 0.2) is 79.0 Å². The topological polar surface area (TPSA) is 88.5 Å². The molecule has 0 radical (unpaired) electrons. The van der Waals surface area contributed by atoms with Crippen LogP contribution >= 0.6 is 0 Å². The largest absolute Gasteiger partial charge is 0.493 e. The Labute approximate surface area is 233 Å². The Bertz CT molecular complexity index is 1700. The van der Waals surface area contributed by atoms with Crippen LogP contribution < -0.4 is 14.8 Å². The van der Waals surface area contributed by atoms with Crippen LogP contribution in [0.2, 0.25) is 0 Å². The molecule has 1 atom stereocenters. The van der Waals surface area contributed by atoms with E-state index in [9.17, 15) is 9.90 Å². The summed E-state index contributed by atoms with van der Waals surface area (Å²) < 4.78 is 13.4. The zero-order chi connectivity index (χ0) is 27.9. The molecular formula is C33H33N3O4. The smallest absolute Gasteiger partial charge is 0.254 e. The van der Waals surface area contributed by atoms with Crippen LogP contribution in [0.4, 0.5) is 0 Å². The minimum atomic E-state index is -0.868. The Morgan fingerprint density at radius 1 is 1.02 bits per heavy atom. The highest BCUT2D eigenvalue weighted by Gasteiger charge is 2.32. The molecular weight excluding hydrogens is 502 g/mol. The molecule has 6 rings (SSSR count). The SMILES string of the molecule is COc1cc2c(cc1OC)-c1cc(C(=O)NC(C)(CO)Cc3c[nH]c4ccccc34)c(-c3ccccc3)n1CC2. The third-order valence-electron chi connectivity index (χ3n) is 7.90. The molecule has 3 aromatic carbocycles. The minimum Gasteiger partial charge on any atom is -0.493 e. The average Bonchev–Trinajstić information content (AvgIpc) is 3.58. The normalized spacial score (nSPS) is 13.8.